The third kappa shape index (κ3) is 3.74. The molecule has 1 N–H and O–H groups in total. The Morgan fingerprint density at radius 3 is 2.35 bits per heavy atom. The standard InChI is InChI=1S/C18H16Cl2N2O/c19-18(20)15(17(18)14-9-5-2-6-10-14)12-21-22-16(23)11-13-7-3-1-4-8-13/h1-10,12,15,17H,11H2,(H,22,23)/b21-12-/t15-,17-/m0/s1. The normalized spacial score (nSPS) is 22.0. The molecule has 118 valence electrons. The molecule has 3 nitrogen and oxygen atoms in total. The lowest BCUT2D eigenvalue weighted by atomic mass is 10.1. The van der Waals surface area contributed by atoms with Crippen LogP contribution in [0.4, 0.5) is 0 Å². The molecule has 2 aromatic carbocycles. The summed E-state index contributed by atoms with van der Waals surface area (Å²) in [4.78, 5) is 11.8. The Kier molecular flexibility index (Phi) is 4.69. The summed E-state index contributed by atoms with van der Waals surface area (Å²) in [5.74, 6) is -0.272. The van der Waals surface area contributed by atoms with Crippen molar-refractivity contribution in [3.05, 3.63) is 71.8 Å². The number of benzene rings is 2. The van der Waals surface area contributed by atoms with E-state index in [9.17, 15) is 4.79 Å². The molecule has 0 unspecified atom stereocenters. The molecule has 0 bridgehead atoms. The van der Waals surface area contributed by atoms with E-state index in [1.807, 2.05) is 60.7 Å². The highest BCUT2D eigenvalue weighted by molar-refractivity contribution is 6.53. The molecule has 2 aromatic rings. The molecule has 0 radical (unpaired) electrons. The van der Waals surface area contributed by atoms with Gasteiger partial charge in [-0.1, -0.05) is 60.7 Å². The maximum absolute atomic E-state index is 11.8. The first-order chi connectivity index (χ1) is 11.1. The molecule has 2 atom stereocenters. The van der Waals surface area contributed by atoms with Crippen molar-refractivity contribution in [2.75, 3.05) is 0 Å². The topological polar surface area (TPSA) is 41.5 Å². The number of nitrogens with one attached hydrogen (secondary N) is 1. The molecule has 3 rings (SSSR count). The van der Waals surface area contributed by atoms with Crippen LogP contribution in [0.25, 0.3) is 0 Å². The predicted octanol–water partition coefficient (Wildman–Crippen LogP) is 3.92. The molecule has 0 heterocycles. The van der Waals surface area contributed by atoms with Crippen molar-refractivity contribution in [3.8, 4) is 0 Å². The number of hydrogen-bond donors (Lipinski definition) is 1. The van der Waals surface area contributed by atoms with Crippen molar-refractivity contribution in [2.24, 2.45) is 11.0 Å². The molecule has 0 aliphatic heterocycles. The van der Waals surface area contributed by atoms with E-state index in [4.69, 9.17) is 23.2 Å². The van der Waals surface area contributed by atoms with Gasteiger partial charge in [-0.05, 0) is 11.1 Å². The van der Waals surface area contributed by atoms with E-state index >= 15 is 0 Å². The molecule has 0 aromatic heterocycles. The van der Waals surface area contributed by atoms with Gasteiger partial charge in [-0.3, -0.25) is 4.79 Å². The number of nitrogens with zero attached hydrogens (tertiary/aromatic N) is 1. The van der Waals surface area contributed by atoms with Crippen molar-refractivity contribution in [1.29, 1.82) is 0 Å². The number of rotatable bonds is 5. The van der Waals surface area contributed by atoms with Crippen LogP contribution in [-0.2, 0) is 11.2 Å². The van der Waals surface area contributed by atoms with Crippen LogP contribution in [0.3, 0.4) is 0 Å². The smallest absolute Gasteiger partial charge is 0.244 e. The number of amides is 1. The predicted molar refractivity (Wildman–Crippen MR) is 93.9 cm³/mol. The third-order valence-corrected chi connectivity index (χ3v) is 4.87. The maximum atomic E-state index is 11.8. The summed E-state index contributed by atoms with van der Waals surface area (Å²) in [6.07, 6.45) is 1.92. The van der Waals surface area contributed by atoms with Crippen LogP contribution in [0.1, 0.15) is 17.0 Å². The fourth-order valence-corrected chi connectivity index (χ4v) is 3.40. The first-order valence-corrected chi connectivity index (χ1v) is 8.13. The van der Waals surface area contributed by atoms with Crippen molar-refractivity contribution >= 4 is 35.3 Å². The van der Waals surface area contributed by atoms with Gasteiger partial charge in [0.15, 0.2) is 0 Å². The monoisotopic (exact) mass is 346 g/mol. The van der Waals surface area contributed by atoms with Gasteiger partial charge in [0.25, 0.3) is 0 Å². The third-order valence-electron chi connectivity index (χ3n) is 3.90. The summed E-state index contributed by atoms with van der Waals surface area (Å²) in [6.45, 7) is 0. The second-order valence-corrected chi connectivity index (χ2v) is 7.01. The summed E-state index contributed by atoms with van der Waals surface area (Å²) >= 11 is 12.6. The zero-order chi connectivity index (χ0) is 16.3. The van der Waals surface area contributed by atoms with Crippen molar-refractivity contribution in [2.45, 2.75) is 16.7 Å². The number of hydrazone groups is 1. The average Bonchev–Trinajstić information content (AvgIpc) is 3.10. The van der Waals surface area contributed by atoms with Gasteiger partial charge < -0.3 is 0 Å². The van der Waals surface area contributed by atoms with Crippen molar-refractivity contribution < 1.29 is 4.79 Å². The Labute approximate surface area is 145 Å². The van der Waals surface area contributed by atoms with E-state index in [0.717, 1.165) is 11.1 Å². The van der Waals surface area contributed by atoms with Gasteiger partial charge in [0.2, 0.25) is 5.91 Å². The fourth-order valence-electron chi connectivity index (χ4n) is 2.64. The highest BCUT2D eigenvalue weighted by atomic mass is 35.5. The quantitative estimate of drug-likeness (QED) is 0.497. The van der Waals surface area contributed by atoms with E-state index in [0.29, 0.717) is 0 Å². The van der Waals surface area contributed by atoms with E-state index in [2.05, 4.69) is 10.5 Å². The van der Waals surface area contributed by atoms with Crippen LogP contribution in [0, 0.1) is 5.92 Å². The molecular formula is C18H16Cl2N2O. The van der Waals surface area contributed by atoms with Gasteiger partial charge in [-0.25, -0.2) is 5.43 Å². The molecule has 1 aliphatic carbocycles. The minimum Gasteiger partial charge on any atom is -0.273 e. The Morgan fingerprint density at radius 1 is 1.09 bits per heavy atom. The summed E-state index contributed by atoms with van der Waals surface area (Å²) in [5, 5.41) is 4.01. The molecule has 1 saturated carbocycles. The highest BCUT2D eigenvalue weighted by Gasteiger charge is 2.63. The number of hydrogen-bond acceptors (Lipinski definition) is 2. The highest BCUT2D eigenvalue weighted by Crippen LogP contribution is 2.63. The largest absolute Gasteiger partial charge is 0.273 e. The number of alkyl halides is 2. The van der Waals surface area contributed by atoms with Crippen molar-refractivity contribution in [1.82, 2.24) is 5.43 Å². The molecule has 5 heteroatoms. The van der Waals surface area contributed by atoms with Crippen molar-refractivity contribution in [3.63, 3.8) is 0 Å². The minimum atomic E-state index is -0.866. The minimum absolute atomic E-state index is 0.00167. The lowest BCUT2D eigenvalue weighted by Crippen LogP contribution is -2.20. The maximum Gasteiger partial charge on any atom is 0.244 e. The summed E-state index contributed by atoms with van der Waals surface area (Å²) in [7, 11) is 0. The first-order valence-electron chi connectivity index (χ1n) is 7.38. The lowest BCUT2D eigenvalue weighted by molar-refractivity contribution is -0.120. The van der Waals surface area contributed by atoms with Gasteiger partial charge in [0.1, 0.15) is 4.33 Å². The Hall–Kier alpha value is -1.84. The van der Waals surface area contributed by atoms with Gasteiger partial charge in [0.05, 0.1) is 6.42 Å². The summed E-state index contributed by atoms with van der Waals surface area (Å²) in [5.41, 5.74) is 4.54. The van der Waals surface area contributed by atoms with Crippen LogP contribution >= 0.6 is 23.2 Å². The fraction of sp³-hybridized carbons (Fsp3) is 0.222. The van der Waals surface area contributed by atoms with Gasteiger partial charge in [0, 0.05) is 18.1 Å². The van der Waals surface area contributed by atoms with E-state index in [-0.39, 0.29) is 24.2 Å². The van der Waals surface area contributed by atoms with Crippen LogP contribution in [0.2, 0.25) is 0 Å². The molecule has 0 saturated heterocycles. The van der Waals surface area contributed by atoms with Crippen LogP contribution < -0.4 is 5.43 Å². The Morgan fingerprint density at radius 2 is 1.70 bits per heavy atom. The SMILES string of the molecule is O=C(Cc1ccccc1)N/N=C\[C@H]1[C@H](c2ccccc2)C1(Cl)Cl. The number of halogens is 2. The molecule has 1 fully saturated rings. The van der Waals surface area contributed by atoms with Crippen LogP contribution in [0.15, 0.2) is 65.8 Å². The Balaban J connectivity index is 1.55. The second kappa shape index (κ2) is 6.73. The van der Waals surface area contributed by atoms with E-state index < -0.39 is 4.33 Å². The molecule has 23 heavy (non-hydrogen) atoms. The Bertz CT molecular complexity index is 701. The van der Waals surface area contributed by atoms with E-state index in [1.165, 1.54) is 0 Å². The van der Waals surface area contributed by atoms with Gasteiger partial charge >= 0.3 is 0 Å². The second-order valence-electron chi connectivity index (χ2n) is 5.56. The first kappa shape index (κ1) is 16.0. The van der Waals surface area contributed by atoms with E-state index in [1.54, 1.807) is 6.21 Å². The molecule has 0 spiro atoms. The summed E-state index contributed by atoms with van der Waals surface area (Å²) < 4.78 is -0.866. The number of carbonyl (C=O) groups is 1. The van der Waals surface area contributed by atoms with Gasteiger partial charge in [-0.15, -0.1) is 23.2 Å². The summed E-state index contributed by atoms with van der Waals surface area (Å²) in [6, 6.07) is 19.3. The average molecular weight is 347 g/mol. The number of carbonyl (C=O) groups excluding carboxylic acids is 1. The van der Waals surface area contributed by atoms with Crippen LogP contribution in [-0.4, -0.2) is 16.5 Å². The lowest BCUT2D eigenvalue weighted by Gasteiger charge is -1.99. The zero-order valence-electron chi connectivity index (χ0n) is 12.3. The molecule has 1 amide bonds. The zero-order valence-corrected chi connectivity index (χ0v) is 13.8. The molecule has 1 aliphatic rings. The molecular weight excluding hydrogens is 331 g/mol. The van der Waals surface area contributed by atoms with Gasteiger partial charge in [-0.2, -0.15) is 5.10 Å². The van der Waals surface area contributed by atoms with Crippen LogP contribution in [0.5, 0.6) is 0 Å².